The molecule has 0 amide bonds. The van der Waals surface area contributed by atoms with Crippen molar-refractivity contribution in [2.24, 2.45) is 0 Å². The Morgan fingerprint density at radius 2 is 1.95 bits per heavy atom. The number of nitrogens with one attached hydrogen (secondary N) is 1. The molecule has 1 unspecified atom stereocenters. The molecule has 0 saturated carbocycles. The third-order valence-corrected chi connectivity index (χ3v) is 3.60. The minimum absolute atomic E-state index is 0.366. The van der Waals surface area contributed by atoms with Crippen LogP contribution in [0.3, 0.4) is 0 Å². The summed E-state index contributed by atoms with van der Waals surface area (Å²) in [7, 11) is 0. The van der Waals surface area contributed by atoms with Crippen molar-refractivity contribution in [2.45, 2.75) is 12.6 Å². The minimum atomic E-state index is 0.366. The predicted octanol–water partition coefficient (Wildman–Crippen LogP) is 0.925. The highest BCUT2D eigenvalue weighted by atomic mass is 15.3. The van der Waals surface area contributed by atoms with Gasteiger partial charge in [-0.1, -0.05) is 30.3 Å². The van der Waals surface area contributed by atoms with E-state index in [1.54, 1.807) is 12.7 Å². The van der Waals surface area contributed by atoms with Crippen molar-refractivity contribution in [3.05, 3.63) is 48.5 Å². The van der Waals surface area contributed by atoms with Crippen molar-refractivity contribution in [3.8, 4) is 0 Å². The van der Waals surface area contributed by atoms with E-state index in [2.05, 4.69) is 50.6 Å². The third-order valence-electron chi connectivity index (χ3n) is 3.60. The first-order chi connectivity index (χ1) is 9.43. The maximum Gasteiger partial charge on any atom is 0.137 e. The summed E-state index contributed by atoms with van der Waals surface area (Å²) in [6.45, 7) is 5.12. The second kappa shape index (κ2) is 5.95. The Kier molecular flexibility index (Phi) is 3.86. The number of hydrogen-bond acceptors (Lipinski definition) is 4. The molecular formula is C14H19N5. The van der Waals surface area contributed by atoms with Crippen molar-refractivity contribution in [1.29, 1.82) is 0 Å². The van der Waals surface area contributed by atoms with E-state index in [1.807, 2.05) is 4.68 Å². The van der Waals surface area contributed by atoms with Gasteiger partial charge in [0.05, 0.1) is 12.6 Å². The zero-order valence-electron chi connectivity index (χ0n) is 10.9. The molecule has 1 aliphatic rings. The van der Waals surface area contributed by atoms with Gasteiger partial charge in [0.15, 0.2) is 0 Å². The number of piperazine rings is 1. The van der Waals surface area contributed by atoms with Crippen molar-refractivity contribution in [2.75, 3.05) is 26.2 Å². The molecule has 3 rings (SSSR count). The summed E-state index contributed by atoms with van der Waals surface area (Å²) in [6, 6.07) is 11.0. The van der Waals surface area contributed by atoms with Crippen LogP contribution in [-0.4, -0.2) is 45.8 Å². The fourth-order valence-electron chi connectivity index (χ4n) is 2.60. The normalized spacial score (nSPS) is 18.3. The predicted molar refractivity (Wildman–Crippen MR) is 73.6 cm³/mol. The largest absolute Gasteiger partial charge is 0.314 e. The molecule has 1 fully saturated rings. The van der Waals surface area contributed by atoms with E-state index in [-0.39, 0.29) is 0 Å². The van der Waals surface area contributed by atoms with Crippen molar-refractivity contribution < 1.29 is 0 Å². The molecule has 1 atom stereocenters. The van der Waals surface area contributed by atoms with Gasteiger partial charge in [-0.25, -0.2) is 4.98 Å². The van der Waals surface area contributed by atoms with Crippen LogP contribution < -0.4 is 5.32 Å². The summed E-state index contributed by atoms with van der Waals surface area (Å²) in [5, 5.41) is 7.64. The molecule has 2 aromatic rings. The summed E-state index contributed by atoms with van der Waals surface area (Å²) >= 11 is 0. The first kappa shape index (κ1) is 12.3. The molecule has 0 bridgehead atoms. The smallest absolute Gasteiger partial charge is 0.137 e. The van der Waals surface area contributed by atoms with E-state index in [9.17, 15) is 0 Å². The molecule has 1 N–H and O–H groups in total. The zero-order valence-corrected chi connectivity index (χ0v) is 10.9. The fraction of sp³-hybridized carbons (Fsp3) is 0.429. The lowest BCUT2D eigenvalue weighted by Gasteiger charge is -2.35. The molecular weight excluding hydrogens is 238 g/mol. The highest BCUT2D eigenvalue weighted by Gasteiger charge is 2.22. The Labute approximate surface area is 113 Å². The first-order valence-corrected chi connectivity index (χ1v) is 6.75. The molecule has 2 heterocycles. The van der Waals surface area contributed by atoms with E-state index in [0.717, 1.165) is 32.7 Å². The Morgan fingerprint density at radius 1 is 1.16 bits per heavy atom. The molecule has 19 heavy (non-hydrogen) atoms. The fourth-order valence-corrected chi connectivity index (χ4v) is 2.60. The maximum absolute atomic E-state index is 4.24. The monoisotopic (exact) mass is 257 g/mol. The number of aromatic nitrogens is 3. The van der Waals surface area contributed by atoms with Crippen LogP contribution >= 0.6 is 0 Å². The van der Waals surface area contributed by atoms with E-state index in [4.69, 9.17) is 0 Å². The summed E-state index contributed by atoms with van der Waals surface area (Å²) < 4.78 is 1.92. The lowest BCUT2D eigenvalue weighted by atomic mass is 10.0. The van der Waals surface area contributed by atoms with Crippen LogP contribution in [0.25, 0.3) is 0 Å². The highest BCUT2D eigenvalue weighted by molar-refractivity contribution is 5.19. The molecule has 100 valence electrons. The molecule has 5 nitrogen and oxygen atoms in total. The highest BCUT2D eigenvalue weighted by Crippen LogP contribution is 2.22. The van der Waals surface area contributed by atoms with Gasteiger partial charge in [-0.05, 0) is 5.56 Å². The molecule has 1 saturated heterocycles. The average Bonchev–Trinajstić information content (AvgIpc) is 3.00. The van der Waals surface area contributed by atoms with Crippen LogP contribution in [-0.2, 0) is 6.54 Å². The number of nitrogens with zero attached hydrogens (tertiary/aromatic N) is 4. The van der Waals surface area contributed by atoms with Crippen molar-refractivity contribution >= 4 is 0 Å². The summed E-state index contributed by atoms with van der Waals surface area (Å²) in [5.41, 5.74) is 1.35. The van der Waals surface area contributed by atoms with Gasteiger partial charge in [-0.15, -0.1) is 0 Å². The Hall–Kier alpha value is -1.72. The number of rotatable bonds is 4. The van der Waals surface area contributed by atoms with Crippen LogP contribution in [0.4, 0.5) is 0 Å². The second-order valence-corrected chi connectivity index (χ2v) is 4.83. The van der Waals surface area contributed by atoms with E-state index >= 15 is 0 Å². The third kappa shape index (κ3) is 3.00. The van der Waals surface area contributed by atoms with Crippen LogP contribution in [0.2, 0.25) is 0 Å². The summed E-state index contributed by atoms with van der Waals surface area (Å²) in [5.74, 6) is 0. The topological polar surface area (TPSA) is 46.0 Å². The van der Waals surface area contributed by atoms with E-state index in [0.29, 0.717) is 6.04 Å². The Bertz CT molecular complexity index is 476. The Balaban J connectivity index is 1.82. The quantitative estimate of drug-likeness (QED) is 0.885. The molecule has 0 aliphatic carbocycles. The van der Waals surface area contributed by atoms with Crippen molar-refractivity contribution in [3.63, 3.8) is 0 Å². The molecule has 1 aliphatic heterocycles. The zero-order chi connectivity index (χ0) is 12.9. The maximum atomic E-state index is 4.24. The van der Waals surface area contributed by atoms with Crippen molar-refractivity contribution in [1.82, 2.24) is 25.0 Å². The lowest BCUT2D eigenvalue weighted by Crippen LogP contribution is -2.46. The second-order valence-electron chi connectivity index (χ2n) is 4.83. The van der Waals surface area contributed by atoms with Crippen LogP contribution in [0.15, 0.2) is 43.0 Å². The van der Waals surface area contributed by atoms with Gasteiger partial charge in [0.2, 0.25) is 0 Å². The van der Waals surface area contributed by atoms with Crippen LogP contribution in [0.1, 0.15) is 11.6 Å². The number of hydrogen-bond donors (Lipinski definition) is 1. The molecule has 1 aromatic carbocycles. The van der Waals surface area contributed by atoms with E-state index < -0.39 is 0 Å². The molecule has 1 aromatic heterocycles. The van der Waals surface area contributed by atoms with Gasteiger partial charge in [0.1, 0.15) is 12.7 Å². The van der Waals surface area contributed by atoms with Crippen LogP contribution in [0.5, 0.6) is 0 Å². The van der Waals surface area contributed by atoms with Gasteiger partial charge in [0, 0.05) is 26.2 Å². The first-order valence-electron chi connectivity index (χ1n) is 6.75. The van der Waals surface area contributed by atoms with Gasteiger partial charge in [-0.2, -0.15) is 5.10 Å². The van der Waals surface area contributed by atoms with E-state index in [1.165, 1.54) is 5.56 Å². The number of benzene rings is 1. The molecule has 0 spiro atoms. The van der Waals surface area contributed by atoms with Gasteiger partial charge < -0.3 is 5.32 Å². The molecule has 0 radical (unpaired) electrons. The van der Waals surface area contributed by atoms with Gasteiger partial charge in [0.25, 0.3) is 0 Å². The average molecular weight is 257 g/mol. The lowest BCUT2D eigenvalue weighted by molar-refractivity contribution is 0.154. The summed E-state index contributed by atoms with van der Waals surface area (Å²) in [6.07, 6.45) is 3.39. The Morgan fingerprint density at radius 3 is 2.63 bits per heavy atom. The molecule has 5 heteroatoms. The van der Waals surface area contributed by atoms with Gasteiger partial charge in [-0.3, -0.25) is 9.58 Å². The summed E-state index contributed by atoms with van der Waals surface area (Å²) in [4.78, 5) is 6.56. The minimum Gasteiger partial charge on any atom is -0.314 e. The van der Waals surface area contributed by atoms with Gasteiger partial charge >= 0.3 is 0 Å². The SMILES string of the molecule is c1ccc(C(Cn2cncn2)N2CCNCC2)cc1. The van der Waals surface area contributed by atoms with Crippen LogP contribution in [0, 0.1) is 0 Å². The standard InChI is InChI=1S/C14H19N5/c1-2-4-13(5-3-1)14(10-19-12-16-11-17-19)18-8-6-15-7-9-18/h1-5,11-12,14-15H,6-10H2.